The average Bonchev–Trinajstić information content (AvgIpc) is 3.28. The van der Waals surface area contributed by atoms with Gasteiger partial charge >= 0.3 is 6.18 Å². The van der Waals surface area contributed by atoms with Gasteiger partial charge in [0.1, 0.15) is 17.5 Å². The molecule has 0 radical (unpaired) electrons. The molecule has 196 valence electrons. The van der Waals surface area contributed by atoms with Crippen LogP contribution in [0.1, 0.15) is 16.7 Å². The topological polar surface area (TPSA) is 99.2 Å². The van der Waals surface area contributed by atoms with Crippen LogP contribution in [-0.2, 0) is 34.1 Å². The zero-order valence-corrected chi connectivity index (χ0v) is 20.5. The van der Waals surface area contributed by atoms with Crippen molar-refractivity contribution >= 4 is 21.6 Å². The minimum atomic E-state index is -4.46. The number of nitrogens with one attached hydrogen (secondary N) is 1. The fraction of sp³-hybridized carbons (Fsp3) is 0.240. The summed E-state index contributed by atoms with van der Waals surface area (Å²) in [4.78, 5) is 14.3. The minimum Gasteiger partial charge on any atom is -0.457 e. The van der Waals surface area contributed by atoms with Crippen molar-refractivity contribution in [1.29, 1.82) is 0 Å². The molecule has 1 aliphatic rings. The largest absolute Gasteiger partial charge is 0.457 e. The van der Waals surface area contributed by atoms with Crippen molar-refractivity contribution in [3.63, 3.8) is 0 Å². The van der Waals surface area contributed by atoms with Crippen LogP contribution < -0.4 is 14.5 Å². The molecule has 0 bridgehead atoms. The normalized spacial score (nSPS) is 14.6. The molecule has 0 fully saturated rings. The smallest absolute Gasteiger partial charge is 0.416 e. The molecule has 1 unspecified atom stereocenters. The standard InChI is InChI=1S/C25H24F3N3O5S/c1-37(34,35)31(16-23(24(32)29-33)30-14-17-4-2-3-5-18(17)15-30)20-8-12-22(13-9-20)36-21-10-6-19(7-11-21)25(26,27)28/h2-13,23,33H,14-16H2,1H3,(H,29,32). The van der Waals surface area contributed by atoms with Crippen LogP contribution in [0.15, 0.2) is 72.8 Å². The van der Waals surface area contributed by atoms with Gasteiger partial charge in [0.05, 0.1) is 24.1 Å². The maximum Gasteiger partial charge on any atom is 0.416 e. The predicted octanol–water partition coefficient (Wildman–Crippen LogP) is 4.15. The Hall–Kier alpha value is -3.61. The van der Waals surface area contributed by atoms with Crippen LogP contribution >= 0.6 is 0 Å². The lowest BCUT2D eigenvalue weighted by Crippen LogP contribution is -2.51. The Morgan fingerprint density at radius 1 is 1.00 bits per heavy atom. The second kappa shape index (κ2) is 10.4. The molecule has 1 atom stereocenters. The Bertz CT molecular complexity index is 1340. The van der Waals surface area contributed by atoms with E-state index < -0.39 is 33.7 Å². The Balaban J connectivity index is 1.53. The third kappa shape index (κ3) is 6.21. The average molecular weight is 536 g/mol. The van der Waals surface area contributed by atoms with E-state index in [2.05, 4.69) is 0 Å². The van der Waals surface area contributed by atoms with Gasteiger partial charge in [-0.05, 0) is 59.7 Å². The van der Waals surface area contributed by atoms with E-state index >= 15 is 0 Å². The summed E-state index contributed by atoms with van der Waals surface area (Å²) in [7, 11) is -3.84. The first-order chi connectivity index (χ1) is 17.5. The van der Waals surface area contributed by atoms with Gasteiger partial charge in [-0.1, -0.05) is 24.3 Å². The number of amides is 1. The molecule has 4 rings (SSSR count). The van der Waals surface area contributed by atoms with E-state index in [9.17, 15) is 31.6 Å². The molecule has 0 saturated carbocycles. The van der Waals surface area contributed by atoms with Gasteiger partial charge in [-0.15, -0.1) is 0 Å². The first-order valence-corrected chi connectivity index (χ1v) is 13.0. The molecule has 0 aliphatic carbocycles. The molecule has 8 nitrogen and oxygen atoms in total. The molecule has 2 N–H and O–H groups in total. The van der Waals surface area contributed by atoms with E-state index in [0.29, 0.717) is 13.1 Å². The van der Waals surface area contributed by atoms with Crippen LogP contribution in [0.2, 0.25) is 0 Å². The van der Waals surface area contributed by atoms with Crippen LogP contribution in [0.4, 0.5) is 18.9 Å². The summed E-state index contributed by atoms with van der Waals surface area (Å²) in [6.45, 7) is 0.551. The van der Waals surface area contributed by atoms with Gasteiger partial charge in [0.2, 0.25) is 10.0 Å². The fourth-order valence-corrected chi connectivity index (χ4v) is 5.05. The number of hydroxylamine groups is 1. The third-order valence-electron chi connectivity index (χ3n) is 6.00. The second-order valence-electron chi connectivity index (χ2n) is 8.58. The summed E-state index contributed by atoms with van der Waals surface area (Å²) in [6.07, 6.45) is -3.45. The van der Waals surface area contributed by atoms with Gasteiger partial charge in [-0.25, -0.2) is 13.9 Å². The van der Waals surface area contributed by atoms with E-state index in [1.54, 1.807) is 10.4 Å². The molecule has 1 amide bonds. The van der Waals surface area contributed by atoms with Gasteiger partial charge in [0, 0.05) is 13.1 Å². The molecular weight excluding hydrogens is 511 g/mol. The molecule has 0 saturated heterocycles. The maximum atomic E-state index is 12.8. The SMILES string of the molecule is CS(=O)(=O)N(CC(C(=O)NO)N1Cc2ccccc2C1)c1ccc(Oc2ccc(C(F)(F)F)cc2)cc1. The fourth-order valence-electron chi connectivity index (χ4n) is 4.14. The Morgan fingerprint density at radius 2 is 1.51 bits per heavy atom. The van der Waals surface area contributed by atoms with Crippen molar-refractivity contribution in [2.75, 3.05) is 17.1 Å². The number of hydrogen-bond acceptors (Lipinski definition) is 6. The zero-order chi connectivity index (χ0) is 26.8. The maximum absolute atomic E-state index is 12.8. The highest BCUT2D eigenvalue weighted by Gasteiger charge is 2.34. The van der Waals surface area contributed by atoms with Crippen LogP contribution in [0.5, 0.6) is 11.5 Å². The summed E-state index contributed by atoms with van der Waals surface area (Å²) >= 11 is 0. The third-order valence-corrected chi connectivity index (χ3v) is 7.16. The highest BCUT2D eigenvalue weighted by atomic mass is 32.2. The quantitative estimate of drug-likeness (QED) is 0.332. The Kier molecular flexibility index (Phi) is 7.44. The highest BCUT2D eigenvalue weighted by molar-refractivity contribution is 7.92. The summed E-state index contributed by atoms with van der Waals surface area (Å²) in [5.41, 5.74) is 3.09. The molecule has 0 spiro atoms. The van der Waals surface area contributed by atoms with Crippen LogP contribution in [0.25, 0.3) is 0 Å². The number of anilines is 1. The van der Waals surface area contributed by atoms with Crippen molar-refractivity contribution in [3.05, 3.63) is 89.5 Å². The number of benzene rings is 3. The van der Waals surface area contributed by atoms with Crippen molar-refractivity contribution < 1.29 is 36.3 Å². The number of rotatable bonds is 8. The number of sulfonamides is 1. The number of carbonyl (C=O) groups excluding carboxylic acids is 1. The van der Waals surface area contributed by atoms with Crippen LogP contribution in [-0.4, -0.2) is 43.3 Å². The molecule has 12 heteroatoms. The van der Waals surface area contributed by atoms with Gasteiger partial charge < -0.3 is 4.74 Å². The predicted molar refractivity (Wildman–Crippen MR) is 130 cm³/mol. The van der Waals surface area contributed by atoms with E-state index in [1.807, 2.05) is 24.3 Å². The lowest BCUT2D eigenvalue weighted by Gasteiger charge is -2.31. The van der Waals surface area contributed by atoms with Gasteiger partial charge in [0.15, 0.2) is 0 Å². The van der Waals surface area contributed by atoms with Gasteiger partial charge in [0.25, 0.3) is 5.91 Å². The van der Waals surface area contributed by atoms with Crippen molar-refractivity contribution in [2.24, 2.45) is 0 Å². The minimum absolute atomic E-state index is 0.175. The number of nitrogens with zero attached hydrogens (tertiary/aromatic N) is 2. The molecule has 3 aromatic rings. The number of carbonyl (C=O) groups is 1. The number of ether oxygens (including phenoxy) is 1. The first kappa shape index (κ1) is 26.5. The molecular formula is C25H24F3N3O5S. The van der Waals surface area contributed by atoms with E-state index in [4.69, 9.17) is 4.74 Å². The van der Waals surface area contributed by atoms with Crippen molar-refractivity contribution in [2.45, 2.75) is 25.3 Å². The zero-order valence-electron chi connectivity index (χ0n) is 19.6. The van der Waals surface area contributed by atoms with Crippen LogP contribution in [0.3, 0.4) is 0 Å². The molecule has 1 aliphatic heterocycles. The summed E-state index contributed by atoms with van der Waals surface area (Å²) in [5, 5.41) is 9.33. The summed E-state index contributed by atoms with van der Waals surface area (Å²) < 4.78 is 70.3. The van der Waals surface area contributed by atoms with E-state index in [0.717, 1.165) is 33.8 Å². The number of fused-ring (bicyclic) bond motifs is 1. The molecule has 0 aromatic heterocycles. The lowest BCUT2D eigenvalue weighted by atomic mass is 10.1. The molecule has 37 heavy (non-hydrogen) atoms. The van der Waals surface area contributed by atoms with Crippen molar-refractivity contribution in [3.8, 4) is 11.5 Å². The van der Waals surface area contributed by atoms with Gasteiger partial charge in [-0.2, -0.15) is 13.2 Å². The summed E-state index contributed by atoms with van der Waals surface area (Å²) in [5.74, 6) is -0.297. The summed E-state index contributed by atoms with van der Waals surface area (Å²) in [6, 6.07) is 16.7. The number of alkyl halides is 3. The first-order valence-electron chi connectivity index (χ1n) is 11.1. The van der Waals surface area contributed by atoms with Crippen molar-refractivity contribution in [1.82, 2.24) is 10.4 Å². The second-order valence-corrected chi connectivity index (χ2v) is 10.5. The highest BCUT2D eigenvalue weighted by Crippen LogP contribution is 2.32. The molecule has 1 heterocycles. The van der Waals surface area contributed by atoms with Crippen LogP contribution in [0, 0.1) is 0 Å². The monoisotopic (exact) mass is 535 g/mol. The Labute approximate surface area is 211 Å². The van der Waals surface area contributed by atoms with Gasteiger partial charge in [-0.3, -0.25) is 19.2 Å². The Morgan fingerprint density at radius 3 is 1.97 bits per heavy atom. The van der Waals surface area contributed by atoms with E-state index in [1.165, 1.54) is 36.4 Å². The number of halogens is 3. The molecule has 3 aromatic carbocycles. The number of hydrogen-bond donors (Lipinski definition) is 2. The van der Waals surface area contributed by atoms with E-state index in [-0.39, 0.29) is 23.7 Å². The lowest BCUT2D eigenvalue weighted by molar-refractivity contribution is -0.137.